The Morgan fingerprint density at radius 1 is 1.20 bits per heavy atom. The van der Waals surface area contributed by atoms with E-state index in [2.05, 4.69) is 15.6 Å². The Balaban J connectivity index is 2.42. The zero-order valence-corrected chi connectivity index (χ0v) is 15.9. The molecule has 1 aromatic rings. The van der Waals surface area contributed by atoms with E-state index in [4.69, 9.17) is 14.2 Å². The van der Waals surface area contributed by atoms with Gasteiger partial charge in [0.2, 0.25) is 0 Å². The van der Waals surface area contributed by atoms with E-state index in [1.807, 2.05) is 52.0 Å². The van der Waals surface area contributed by atoms with Crippen LogP contribution < -0.4 is 20.1 Å². The molecule has 0 radical (unpaired) electrons. The van der Waals surface area contributed by atoms with Crippen molar-refractivity contribution in [3.8, 4) is 11.5 Å². The normalized spacial score (nSPS) is 13.0. The number of guanidine groups is 1. The lowest BCUT2D eigenvalue weighted by Gasteiger charge is -2.21. The zero-order chi connectivity index (χ0) is 18.9. The molecule has 0 fully saturated rings. The van der Waals surface area contributed by atoms with E-state index in [0.717, 1.165) is 0 Å². The van der Waals surface area contributed by atoms with Crippen LogP contribution in [0.3, 0.4) is 0 Å². The van der Waals surface area contributed by atoms with Crippen molar-refractivity contribution in [2.75, 3.05) is 27.2 Å². The van der Waals surface area contributed by atoms with Crippen molar-refractivity contribution in [3.05, 3.63) is 24.3 Å². The van der Waals surface area contributed by atoms with E-state index in [0.29, 0.717) is 24.0 Å². The highest BCUT2D eigenvalue weighted by Gasteiger charge is 2.16. The quantitative estimate of drug-likeness (QED) is 0.444. The van der Waals surface area contributed by atoms with Crippen LogP contribution in [0.5, 0.6) is 11.5 Å². The van der Waals surface area contributed by atoms with Gasteiger partial charge in [-0.05, 0) is 39.8 Å². The predicted molar refractivity (Wildman–Crippen MR) is 98.3 cm³/mol. The predicted octanol–water partition coefficient (Wildman–Crippen LogP) is 1.97. The van der Waals surface area contributed by atoms with Gasteiger partial charge in [0, 0.05) is 7.05 Å². The molecule has 2 N–H and O–H groups in total. The molecule has 0 aliphatic rings. The molecule has 0 spiro atoms. The van der Waals surface area contributed by atoms with Crippen LogP contribution in [-0.4, -0.2) is 50.9 Å². The van der Waals surface area contributed by atoms with E-state index in [1.54, 1.807) is 14.2 Å². The second-order valence-electron chi connectivity index (χ2n) is 6.47. The molecule has 7 heteroatoms. The number of methoxy groups -OCH3 is 1. The molecular formula is C18H29N3O4. The molecular weight excluding hydrogens is 322 g/mol. The fourth-order valence-corrected chi connectivity index (χ4v) is 1.97. The summed E-state index contributed by atoms with van der Waals surface area (Å²) >= 11 is 0. The number of ether oxygens (including phenoxy) is 3. The van der Waals surface area contributed by atoms with Crippen molar-refractivity contribution in [2.45, 2.75) is 39.4 Å². The van der Waals surface area contributed by atoms with E-state index < -0.39 is 5.60 Å². The summed E-state index contributed by atoms with van der Waals surface area (Å²) in [5.74, 6) is 1.52. The van der Waals surface area contributed by atoms with Gasteiger partial charge < -0.3 is 24.8 Å². The van der Waals surface area contributed by atoms with Gasteiger partial charge >= 0.3 is 5.97 Å². The lowest BCUT2D eigenvalue weighted by Crippen LogP contribution is -2.44. The molecule has 0 bridgehead atoms. The van der Waals surface area contributed by atoms with Crippen molar-refractivity contribution in [3.63, 3.8) is 0 Å². The number of nitrogens with one attached hydrogen (secondary N) is 2. The minimum atomic E-state index is -0.507. The minimum Gasteiger partial charge on any atom is -0.493 e. The van der Waals surface area contributed by atoms with Crippen molar-refractivity contribution in [2.24, 2.45) is 4.99 Å². The van der Waals surface area contributed by atoms with Crippen LogP contribution in [-0.2, 0) is 9.53 Å². The number of hydrogen-bond donors (Lipinski definition) is 2. The Morgan fingerprint density at radius 3 is 2.40 bits per heavy atom. The first-order chi connectivity index (χ1) is 11.7. The second-order valence-corrected chi connectivity index (χ2v) is 6.47. The molecule has 1 aromatic carbocycles. The number of benzene rings is 1. The Morgan fingerprint density at radius 2 is 1.84 bits per heavy atom. The zero-order valence-electron chi connectivity index (χ0n) is 15.9. The van der Waals surface area contributed by atoms with E-state index in [1.165, 1.54) is 0 Å². The highest BCUT2D eigenvalue weighted by molar-refractivity contribution is 5.84. The Hall–Kier alpha value is -2.44. The number of hydrogen-bond acceptors (Lipinski definition) is 5. The Kier molecular flexibility index (Phi) is 8.04. The smallest absolute Gasteiger partial charge is 0.325 e. The van der Waals surface area contributed by atoms with Crippen LogP contribution in [0.1, 0.15) is 27.7 Å². The van der Waals surface area contributed by atoms with Crippen LogP contribution in [0.15, 0.2) is 29.3 Å². The van der Waals surface area contributed by atoms with E-state index >= 15 is 0 Å². The van der Waals surface area contributed by atoms with Gasteiger partial charge in [0.1, 0.15) is 18.2 Å². The fourth-order valence-electron chi connectivity index (χ4n) is 1.97. The van der Waals surface area contributed by atoms with Gasteiger partial charge in [-0.25, -0.2) is 0 Å². The maximum absolute atomic E-state index is 11.7. The molecule has 0 aromatic heterocycles. The molecule has 0 heterocycles. The Bertz CT molecular complexity index is 582. The lowest BCUT2D eigenvalue weighted by atomic mass is 10.2. The maximum atomic E-state index is 11.7. The number of aliphatic imine (C=N–C) groups is 1. The summed E-state index contributed by atoms with van der Waals surface area (Å²) in [6, 6.07) is 7.47. The summed E-state index contributed by atoms with van der Waals surface area (Å²) in [4.78, 5) is 15.8. The molecule has 140 valence electrons. The summed E-state index contributed by atoms with van der Waals surface area (Å²) in [5.41, 5.74) is -0.507. The molecule has 0 saturated carbocycles. The first-order valence-electron chi connectivity index (χ1n) is 8.21. The number of para-hydroxylation sites is 2. The van der Waals surface area contributed by atoms with Crippen LogP contribution in [0.4, 0.5) is 0 Å². The molecule has 1 unspecified atom stereocenters. The molecule has 1 atom stereocenters. The molecule has 0 saturated heterocycles. The van der Waals surface area contributed by atoms with Crippen LogP contribution in [0.2, 0.25) is 0 Å². The van der Waals surface area contributed by atoms with Crippen LogP contribution >= 0.6 is 0 Å². The van der Waals surface area contributed by atoms with Crippen LogP contribution in [0, 0.1) is 0 Å². The molecule has 7 nitrogen and oxygen atoms in total. The first-order valence-corrected chi connectivity index (χ1v) is 8.21. The SMILES string of the molecule is CN=C(NCC(=O)OC(C)(C)C)NCC(C)Oc1ccccc1OC. The van der Waals surface area contributed by atoms with Gasteiger partial charge in [-0.2, -0.15) is 0 Å². The van der Waals surface area contributed by atoms with E-state index in [-0.39, 0.29) is 18.6 Å². The van der Waals surface area contributed by atoms with Gasteiger partial charge in [-0.3, -0.25) is 9.79 Å². The van der Waals surface area contributed by atoms with Crippen LogP contribution in [0.25, 0.3) is 0 Å². The minimum absolute atomic E-state index is 0.0404. The number of carbonyl (C=O) groups excluding carboxylic acids is 1. The summed E-state index contributed by atoms with van der Waals surface area (Å²) in [7, 11) is 3.24. The van der Waals surface area contributed by atoms with Crippen molar-refractivity contribution in [1.82, 2.24) is 10.6 Å². The number of nitrogens with zero attached hydrogens (tertiary/aromatic N) is 1. The summed E-state index contributed by atoms with van der Waals surface area (Å²) < 4.78 is 16.4. The molecule has 1 rings (SSSR count). The highest BCUT2D eigenvalue weighted by atomic mass is 16.6. The molecule has 25 heavy (non-hydrogen) atoms. The first kappa shape index (κ1) is 20.6. The maximum Gasteiger partial charge on any atom is 0.325 e. The third-order valence-electron chi connectivity index (χ3n) is 3.00. The highest BCUT2D eigenvalue weighted by Crippen LogP contribution is 2.26. The monoisotopic (exact) mass is 351 g/mol. The van der Waals surface area contributed by atoms with Gasteiger partial charge in [0.15, 0.2) is 17.5 Å². The van der Waals surface area contributed by atoms with Crippen molar-refractivity contribution < 1.29 is 19.0 Å². The van der Waals surface area contributed by atoms with Gasteiger partial charge in [0.25, 0.3) is 0 Å². The van der Waals surface area contributed by atoms with E-state index in [9.17, 15) is 4.79 Å². The topological polar surface area (TPSA) is 81.2 Å². The number of esters is 1. The average Bonchev–Trinajstić information content (AvgIpc) is 2.54. The lowest BCUT2D eigenvalue weighted by molar-refractivity contribution is -0.153. The number of carbonyl (C=O) groups is 1. The van der Waals surface area contributed by atoms with Gasteiger partial charge in [-0.15, -0.1) is 0 Å². The molecule has 0 aliphatic carbocycles. The second kappa shape index (κ2) is 9.76. The third kappa shape index (κ3) is 8.28. The number of rotatable bonds is 7. The summed E-state index contributed by atoms with van der Waals surface area (Å²) in [6.07, 6.45) is -0.128. The standard InChI is InChI=1S/C18H29N3O4/c1-13(24-15-10-8-7-9-14(15)23-6)11-20-17(19-5)21-12-16(22)25-18(2,3)4/h7-10,13H,11-12H2,1-6H3,(H2,19,20,21). The molecule has 0 aliphatic heterocycles. The largest absolute Gasteiger partial charge is 0.493 e. The fraction of sp³-hybridized carbons (Fsp3) is 0.556. The Labute approximate surface area is 149 Å². The van der Waals surface area contributed by atoms with Gasteiger partial charge in [0.05, 0.1) is 13.7 Å². The summed E-state index contributed by atoms with van der Waals surface area (Å²) in [6.45, 7) is 7.96. The average molecular weight is 351 g/mol. The summed E-state index contributed by atoms with van der Waals surface area (Å²) in [5, 5.41) is 6.03. The molecule has 0 amide bonds. The van der Waals surface area contributed by atoms with Crippen molar-refractivity contribution in [1.29, 1.82) is 0 Å². The third-order valence-corrected chi connectivity index (χ3v) is 3.00. The van der Waals surface area contributed by atoms with Crippen molar-refractivity contribution >= 4 is 11.9 Å². The van der Waals surface area contributed by atoms with Gasteiger partial charge in [-0.1, -0.05) is 12.1 Å².